The lowest BCUT2D eigenvalue weighted by atomic mass is 10.1. The highest BCUT2D eigenvalue weighted by molar-refractivity contribution is 9.10. The van der Waals surface area contributed by atoms with Crippen LogP contribution in [0.15, 0.2) is 46.4 Å². The number of nitrogens with one attached hydrogen (secondary N) is 1. The second-order valence-corrected chi connectivity index (χ2v) is 7.39. The first-order valence-corrected chi connectivity index (χ1v) is 11.0. The molecule has 0 saturated carbocycles. The Labute approximate surface area is 196 Å². The predicted molar refractivity (Wildman–Crippen MR) is 126 cm³/mol. The van der Waals surface area contributed by atoms with Crippen LogP contribution in [0.1, 0.15) is 43.1 Å². The van der Waals surface area contributed by atoms with Crippen molar-refractivity contribution < 1.29 is 23.8 Å². The third-order valence-corrected chi connectivity index (χ3v) is 4.70. The SMILES string of the molecule is CCCOc1c(Br)cc(/C=C(\C#N)C(=O)Nc2ccc(C(=O)OCC)cc2)cc1OCC. The van der Waals surface area contributed by atoms with Crippen molar-refractivity contribution in [3.05, 3.63) is 57.6 Å². The minimum absolute atomic E-state index is 0.0870. The third kappa shape index (κ3) is 6.86. The molecule has 0 heterocycles. The van der Waals surface area contributed by atoms with Crippen molar-refractivity contribution in [2.45, 2.75) is 27.2 Å². The molecule has 0 spiro atoms. The number of rotatable bonds is 10. The molecule has 168 valence electrons. The monoisotopic (exact) mass is 500 g/mol. The number of benzene rings is 2. The second-order valence-electron chi connectivity index (χ2n) is 6.53. The number of ether oxygens (including phenoxy) is 3. The Bertz CT molecular complexity index is 1030. The van der Waals surface area contributed by atoms with Crippen LogP contribution in [-0.4, -0.2) is 31.7 Å². The van der Waals surface area contributed by atoms with Gasteiger partial charge in [-0.1, -0.05) is 6.92 Å². The minimum Gasteiger partial charge on any atom is -0.490 e. The first kappa shape index (κ1) is 25.0. The summed E-state index contributed by atoms with van der Waals surface area (Å²) in [6.45, 7) is 6.85. The number of esters is 1. The molecule has 0 saturated heterocycles. The summed E-state index contributed by atoms with van der Waals surface area (Å²) in [7, 11) is 0. The molecule has 0 radical (unpaired) electrons. The molecule has 0 aliphatic rings. The Morgan fingerprint density at radius 3 is 2.41 bits per heavy atom. The fourth-order valence-electron chi connectivity index (χ4n) is 2.70. The Balaban J connectivity index is 2.23. The molecule has 0 atom stereocenters. The van der Waals surface area contributed by atoms with E-state index in [9.17, 15) is 14.9 Å². The van der Waals surface area contributed by atoms with Gasteiger partial charge < -0.3 is 19.5 Å². The number of amides is 1. The van der Waals surface area contributed by atoms with E-state index in [1.165, 1.54) is 6.08 Å². The molecular formula is C24H25BrN2O5. The maximum absolute atomic E-state index is 12.6. The van der Waals surface area contributed by atoms with Crippen LogP contribution in [0, 0.1) is 11.3 Å². The predicted octanol–water partition coefficient (Wildman–Crippen LogP) is 5.36. The Morgan fingerprint density at radius 2 is 1.81 bits per heavy atom. The fourth-order valence-corrected chi connectivity index (χ4v) is 3.27. The molecule has 7 nitrogen and oxygen atoms in total. The van der Waals surface area contributed by atoms with Crippen LogP contribution in [0.5, 0.6) is 11.5 Å². The zero-order valence-corrected chi connectivity index (χ0v) is 19.8. The standard InChI is InChI=1S/C24H25BrN2O5/c1-4-11-32-22-20(25)13-16(14-21(22)30-5-2)12-18(15-26)23(28)27-19-9-7-17(8-10-19)24(29)31-6-3/h7-10,12-14H,4-6,11H2,1-3H3,(H,27,28)/b18-12+. The van der Waals surface area contributed by atoms with Gasteiger partial charge in [0.25, 0.3) is 5.91 Å². The third-order valence-electron chi connectivity index (χ3n) is 4.11. The zero-order chi connectivity index (χ0) is 23.5. The van der Waals surface area contributed by atoms with Gasteiger partial charge in [-0.2, -0.15) is 5.26 Å². The highest BCUT2D eigenvalue weighted by atomic mass is 79.9. The zero-order valence-electron chi connectivity index (χ0n) is 18.2. The van der Waals surface area contributed by atoms with Crippen LogP contribution in [0.2, 0.25) is 0 Å². The van der Waals surface area contributed by atoms with Gasteiger partial charge in [-0.3, -0.25) is 4.79 Å². The molecule has 2 aromatic carbocycles. The molecule has 0 unspecified atom stereocenters. The number of nitriles is 1. The van der Waals surface area contributed by atoms with Crippen molar-refractivity contribution in [2.24, 2.45) is 0 Å². The van der Waals surface area contributed by atoms with E-state index in [0.29, 0.717) is 46.0 Å². The molecule has 1 N–H and O–H groups in total. The van der Waals surface area contributed by atoms with Gasteiger partial charge in [-0.05, 0) is 84.2 Å². The van der Waals surface area contributed by atoms with Gasteiger partial charge in [0, 0.05) is 5.69 Å². The van der Waals surface area contributed by atoms with Gasteiger partial charge in [0.15, 0.2) is 11.5 Å². The minimum atomic E-state index is -0.572. The number of carbonyl (C=O) groups excluding carboxylic acids is 2. The highest BCUT2D eigenvalue weighted by Gasteiger charge is 2.15. The Morgan fingerprint density at radius 1 is 1.09 bits per heavy atom. The molecule has 0 bridgehead atoms. The van der Waals surface area contributed by atoms with Gasteiger partial charge in [0.05, 0.1) is 29.9 Å². The highest BCUT2D eigenvalue weighted by Crippen LogP contribution is 2.37. The van der Waals surface area contributed by atoms with Gasteiger partial charge in [-0.15, -0.1) is 0 Å². The van der Waals surface area contributed by atoms with Gasteiger partial charge >= 0.3 is 5.97 Å². The van der Waals surface area contributed by atoms with E-state index in [1.807, 2.05) is 19.9 Å². The van der Waals surface area contributed by atoms with Gasteiger partial charge in [0.1, 0.15) is 11.6 Å². The van der Waals surface area contributed by atoms with Crippen LogP contribution in [-0.2, 0) is 9.53 Å². The second kappa shape index (κ2) is 12.5. The van der Waals surface area contributed by atoms with Crippen molar-refractivity contribution in [3.63, 3.8) is 0 Å². The molecule has 0 aliphatic carbocycles. The van der Waals surface area contributed by atoms with E-state index in [-0.39, 0.29) is 12.2 Å². The summed E-state index contributed by atoms with van der Waals surface area (Å²) in [5.41, 5.74) is 1.34. The van der Waals surface area contributed by atoms with Crippen LogP contribution in [0.25, 0.3) is 6.08 Å². The molecule has 32 heavy (non-hydrogen) atoms. The summed E-state index contributed by atoms with van der Waals surface area (Å²) >= 11 is 3.47. The quantitative estimate of drug-likeness (QED) is 0.268. The average Bonchev–Trinajstić information content (AvgIpc) is 2.77. The summed E-state index contributed by atoms with van der Waals surface area (Å²) in [5, 5.41) is 12.2. The number of hydrogen-bond donors (Lipinski definition) is 1. The lowest BCUT2D eigenvalue weighted by molar-refractivity contribution is -0.112. The van der Waals surface area contributed by atoms with Crippen LogP contribution in [0.3, 0.4) is 0 Å². The number of halogens is 1. The van der Waals surface area contributed by atoms with Gasteiger partial charge in [-0.25, -0.2) is 4.79 Å². The van der Waals surface area contributed by atoms with E-state index in [2.05, 4.69) is 21.2 Å². The molecule has 0 aliphatic heterocycles. The topological polar surface area (TPSA) is 97.7 Å². The molecule has 0 aromatic heterocycles. The van der Waals surface area contributed by atoms with Crippen molar-refractivity contribution in [3.8, 4) is 17.6 Å². The lowest BCUT2D eigenvalue weighted by Gasteiger charge is -2.14. The number of carbonyl (C=O) groups is 2. The summed E-state index contributed by atoms with van der Waals surface area (Å²) < 4.78 is 17.0. The number of nitrogens with zero attached hydrogens (tertiary/aromatic N) is 1. The van der Waals surface area contributed by atoms with E-state index in [4.69, 9.17) is 14.2 Å². The fraction of sp³-hybridized carbons (Fsp3) is 0.292. The van der Waals surface area contributed by atoms with Crippen LogP contribution < -0.4 is 14.8 Å². The maximum Gasteiger partial charge on any atom is 0.338 e. The van der Waals surface area contributed by atoms with Crippen LogP contribution in [0.4, 0.5) is 5.69 Å². The Hall–Kier alpha value is -3.31. The number of hydrogen-bond acceptors (Lipinski definition) is 6. The van der Waals surface area contributed by atoms with Crippen molar-refractivity contribution >= 4 is 39.6 Å². The van der Waals surface area contributed by atoms with Gasteiger partial charge in [0.2, 0.25) is 0 Å². The molecule has 8 heteroatoms. The number of anilines is 1. The summed E-state index contributed by atoms with van der Waals surface area (Å²) in [5.74, 6) is 0.0890. The molecule has 0 fully saturated rings. The van der Waals surface area contributed by atoms with E-state index >= 15 is 0 Å². The first-order chi connectivity index (χ1) is 15.4. The summed E-state index contributed by atoms with van der Waals surface area (Å²) in [6, 6.07) is 11.6. The molecule has 2 aromatic rings. The summed E-state index contributed by atoms with van der Waals surface area (Å²) in [4.78, 5) is 24.3. The average molecular weight is 501 g/mol. The normalized spacial score (nSPS) is 10.8. The van der Waals surface area contributed by atoms with E-state index in [1.54, 1.807) is 43.3 Å². The van der Waals surface area contributed by atoms with Crippen LogP contribution >= 0.6 is 15.9 Å². The smallest absolute Gasteiger partial charge is 0.338 e. The van der Waals surface area contributed by atoms with Crippen molar-refractivity contribution in [2.75, 3.05) is 25.1 Å². The lowest BCUT2D eigenvalue weighted by Crippen LogP contribution is -2.13. The summed E-state index contributed by atoms with van der Waals surface area (Å²) in [6.07, 6.45) is 2.32. The Kier molecular flexibility index (Phi) is 9.76. The molecule has 1 amide bonds. The first-order valence-electron chi connectivity index (χ1n) is 10.2. The molecule has 2 rings (SSSR count). The van der Waals surface area contributed by atoms with E-state index < -0.39 is 11.9 Å². The van der Waals surface area contributed by atoms with Crippen molar-refractivity contribution in [1.29, 1.82) is 5.26 Å². The largest absolute Gasteiger partial charge is 0.490 e. The van der Waals surface area contributed by atoms with E-state index in [0.717, 1.165) is 6.42 Å². The van der Waals surface area contributed by atoms with Crippen molar-refractivity contribution in [1.82, 2.24) is 0 Å². The molecular weight excluding hydrogens is 476 g/mol. The maximum atomic E-state index is 12.6.